The molecule has 2 amide bonds. The molecule has 120 valence electrons. The molecule has 0 fully saturated rings. The first kappa shape index (κ1) is 16.5. The van der Waals surface area contributed by atoms with Crippen LogP contribution in [0.4, 0.5) is 5.69 Å². The van der Waals surface area contributed by atoms with Crippen molar-refractivity contribution in [2.45, 2.75) is 19.9 Å². The van der Waals surface area contributed by atoms with Crippen molar-refractivity contribution < 1.29 is 14.3 Å². The largest absolute Gasteiger partial charge is 0.497 e. The zero-order valence-corrected chi connectivity index (χ0v) is 13.3. The number of aryl methyl sites for hydroxylation is 1. The molecule has 2 N–H and O–H groups in total. The van der Waals surface area contributed by atoms with Crippen molar-refractivity contribution in [1.29, 1.82) is 0 Å². The molecule has 2 aromatic rings. The second-order valence-electron chi connectivity index (χ2n) is 5.00. The van der Waals surface area contributed by atoms with E-state index in [1.165, 1.54) is 0 Å². The first-order valence-electron chi connectivity index (χ1n) is 7.44. The first-order chi connectivity index (χ1) is 11.1. The van der Waals surface area contributed by atoms with Crippen LogP contribution in [0.25, 0.3) is 0 Å². The van der Waals surface area contributed by atoms with Crippen LogP contribution in [-0.4, -0.2) is 18.9 Å². The van der Waals surface area contributed by atoms with Gasteiger partial charge in [-0.2, -0.15) is 0 Å². The third kappa shape index (κ3) is 4.57. The maximum absolute atomic E-state index is 12.0. The molecule has 0 aliphatic carbocycles. The molecule has 0 saturated carbocycles. The minimum Gasteiger partial charge on any atom is -0.497 e. The van der Waals surface area contributed by atoms with Crippen LogP contribution in [-0.2, 0) is 22.6 Å². The van der Waals surface area contributed by atoms with Crippen molar-refractivity contribution in [2.75, 3.05) is 12.4 Å². The second-order valence-corrected chi connectivity index (χ2v) is 5.00. The van der Waals surface area contributed by atoms with Crippen LogP contribution in [0.1, 0.15) is 18.1 Å². The van der Waals surface area contributed by atoms with Crippen molar-refractivity contribution in [2.24, 2.45) is 0 Å². The molecule has 0 atom stereocenters. The van der Waals surface area contributed by atoms with E-state index in [4.69, 9.17) is 4.74 Å². The van der Waals surface area contributed by atoms with Crippen molar-refractivity contribution in [3.63, 3.8) is 0 Å². The smallest absolute Gasteiger partial charge is 0.313 e. The SMILES string of the molecule is CCc1ccccc1NC(=O)C(=O)NCc1cccc(OC)c1. The summed E-state index contributed by atoms with van der Waals surface area (Å²) in [4.78, 5) is 23.9. The lowest BCUT2D eigenvalue weighted by atomic mass is 10.1. The van der Waals surface area contributed by atoms with Crippen LogP contribution in [0.3, 0.4) is 0 Å². The second kappa shape index (κ2) is 7.98. The van der Waals surface area contributed by atoms with E-state index in [0.29, 0.717) is 11.4 Å². The number of amides is 2. The van der Waals surface area contributed by atoms with Gasteiger partial charge in [-0.05, 0) is 35.7 Å². The summed E-state index contributed by atoms with van der Waals surface area (Å²) in [5.74, 6) is -0.634. The first-order valence-corrected chi connectivity index (χ1v) is 7.44. The molecular weight excluding hydrogens is 292 g/mol. The number of nitrogens with one attached hydrogen (secondary N) is 2. The van der Waals surface area contributed by atoms with Crippen LogP contribution in [0.15, 0.2) is 48.5 Å². The molecular formula is C18H20N2O3. The standard InChI is InChI=1S/C18H20N2O3/c1-3-14-8-4-5-10-16(14)20-18(22)17(21)19-12-13-7-6-9-15(11-13)23-2/h4-11H,3,12H2,1-2H3,(H,19,21)(H,20,22). The molecule has 5 heteroatoms. The topological polar surface area (TPSA) is 67.4 Å². The highest BCUT2D eigenvalue weighted by Crippen LogP contribution is 2.15. The number of ether oxygens (including phenoxy) is 1. The van der Waals surface area contributed by atoms with Crippen molar-refractivity contribution in [3.8, 4) is 5.75 Å². The fourth-order valence-corrected chi connectivity index (χ4v) is 2.17. The molecule has 0 aromatic heterocycles. The van der Waals surface area contributed by atoms with Crippen LogP contribution < -0.4 is 15.4 Å². The Morgan fingerprint density at radius 1 is 1.04 bits per heavy atom. The highest BCUT2D eigenvalue weighted by Gasteiger charge is 2.14. The van der Waals surface area contributed by atoms with Gasteiger partial charge in [-0.3, -0.25) is 9.59 Å². The summed E-state index contributed by atoms with van der Waals surface area (Å²) in [6.07, 6.45) is 0.780. The highest BCUT2D eigenvalue weighted by molar-refractivity contribution is 6.39. The van der Waals surface area contributed by atoms with Gasteiger partial charge in [-0.15, -0.1) is 0 Å². The Morgan fingerprint density at radius 2 is 1.83 bits per heavy atom. The minimum absolute atomic E-state index is 0.263. The van der Waals surface area contributed by atoms with Crippen LogP contribution in [0.5, 0.6) is 5.75 Å². The summed E-state index contributed by atoms with van der Waals surface area (Å²) in [6, 6.07) is 14.7. The third-order valence-electron chi connectivity index (χ3n) is 3.44. The quantitative estimate of drug-likeness (QED) is 0.834. The van der Waals surface area contributed by atoms with Crippen LogP contribution in [0, 0.1) is 0 Å². The Labute approximate surface area is 135 Å². The Bertz CT molecular complexity index is 698. The van der Waals surface area contributed by atoms with E-state index in [2.05, 4.69) is 10.6 Å². The fourth-order valence-electron chi connectivity index (χ4n) is 2.17. The molecule has 2 aromatic carbocycles. The minimum atomic E-state index is -0.672. The third-order valence-corrected chi connectivity index (χ3v) is 3.44. The Hall–Kier alpha value is -2.82. The summed E-state index contributed by atoms with van der Waals surface area (Å²) >= 11 is 0. The van der Waals surface area contributed by atoms with E-state index in [1.807, 2.05) is 49.4 Å². The summed E-state index contributed by atoms with van der Waals surface area (Å²) in [5.41, 5.74) is 2.51. The molecule has 0 aliphatic rings. The molecule has 23 heavy (non-hydrogen) atoms. The molecule has 0 radical (unpaired) electrons. The Balaban J connectivity index is 1.93. The maximum Gasteiger partial charge on any atom is 0.313 e. The van der Waals surface area contributed by atoms with Crippen LogP contribution >= 0.6 is 0 Å². The molecule has 0 unspecified atom stereocenters. The van der Waals surface area contributed by atoms with E-state index >= 15 is 0 Å². The predicted molar refractivity (Wildman–Crippen MR) is 89.3 cm³/mol. The van der Waals surface area contributed by atoms with Gasteiger partial charge in [0.15, 0.2) is 0 Å². The number of anilines is 1. The van der Waals surface area contributed by atoms with E-state index in [-0.39, 0.29) is 6.54 Å². The summed E-state index contributed by atoms with van der Waals surface area (Å²) in [5, 5.41) is 5.25. The van der Waals surface area contributed by atoms with Gasteiger partial charge >= 0.3 is 11.8 Å². The van der Waals surface area contributed by atoms with Gasteiger partial charge in [0.1, 0.15) is 5.75 Å². The van der Waals surface area contributed by atoms with E-state index in [0.717, 1.165) is 17.5 Å². The number of hydrogen-bond donors (Lipinski definition) is 2. The number of benzene rings is 2. The van der Waals surface area contributed by atoms with E-state index in [1.54, 1.807) is 13.2 Å². The van der Waals surface area contributed by atoms with Gasteiger partial charge in [0.25, 0.3) is 0 Å². The average Bonchev–Trinajstić information content (AvgIpc) is 2.60. The van der Waals surface area contributed by atoms with Crippen LogP contribution in [0.2, 0.25) is 0 Å². The predicted octanol–water partition coefficient (Wildman–Crippen LogP) is 2.51. The fraction of sp³-hybridized carbons (Fsp3) is 0.222. The van der Waals surface area contributed by atoms with Crippen molar-refractivity contribution in [3.05, 3.63) is 59.7 Å². The lowest BCUT2D eigenvalue weighted by molar-refractivity contribution is -0.136. The van der Waals surface area contributed by atoms with Gasteiger partial charge < -0.3 is 15.4 Å². The molecule has 2 rings (SSSR count). The normalized spacial score (nSPS) is 10.0. The molecule has 0 spiro atoms. The van der Waals surface area contributed by atoms with Gasteiger partial charge in [0.05, 0.1) is 7.11 Å². The van der Waals surface area contributed by atoms with E-state index in [9.17, 15) is 9.59 Å². The monoisotopic (exact) mass is 312 g/mol. The van der Waals surface area contributed by atoms with Crippen molar-refractivity contribution in [1.82, 2.24) is 5.32 Å². The summed E-state index contributed by atoms with van der Waals surface area (Å²) in [6.45, 7) is 2.26. The molecule has 0 saturated heterocycles. The molecule has 0 aliphatic heterocycles. The number of carbonyl (C=O) groups is 2. The highest BCUT2D eigenvalue weighted by atomic mass is 16.5. The summed E-state index contributed by atoms with van der Waals surface area (Å²) < 4.78 is 5.12. The van der Waals surface area contributed by atoms with Gasteiger partial charge in [0, 0.05) is 12.2 Å². The zero-order valence-electron chi connectivity index (χ0n) is 13.3. The Morgan fingerprint density at radius 3 is 2.57 bits per heavy atom. The Kier molecular flexibility index (Phi) is 5.74. The number of carbonyl (C=O) groups excluding carboxylic acids is 2. The van der Waals surface area contributed by atoms with Gasteiger partial charge in [0.2, 0.25) is 0 Å². The lowest BCUT2D eigenvalue weighted by Gasteiger charge is -2.10. The molecule has 0 bridgehead atoms. The number of hydrogen-bond acceptors (Lipinski definition) is 3. The van der Waals surface area contributed by atoms with Crippen molar-refractivity contribution >= 4 is 17.5 Å². The van der Waals surface area contributed by atoms with Gasteiger partial charge in [-0.25, -0.2) is 0 Å². The van der Waals surface area contributed by atoms with E-state index < -0.39 is 11.8 Å². The zero-order chi connectivity index (χ0) is 16.7. The average molecular weight is 312 g/mol. The number of rotatable bonds is 5. The lowest BCUT2D eigenvalue weighted by Crippen LogP contribution is -2.35. The number of para-hydroxylation sites is 1. The summed E-state index contributed by atoms with van der Waals surface area (Å²) in [7, 11) is 1.58. The molecule has 0 heterocycles. The molecule has 5 nitrogen and oxygen atoms in total. The van der Waals surface area contributed by atoms with Gasteiger partial charge in [-0.1, -0.05) is 37.3 Å². The number of methoxy groups -OCH3 is 1. The maximum atomic E-state index is 12.0.